The third-order valence-corrected chi connectivity index (χ3v) is 4.86. The Labute approximate surface area is 197 Å². The Morgan fingerprint density at radius 1 is 1.03 bits per heavy atom. The van der Waals surface area contributed by atoms with Crippen LogP contribution in [0.1, 0.15) is 120 Å². The zero-order valence-corrected chi connectivity index (χ0v) is 22.7. The van der Waals surface area contributed by atoms with Gasteiger partial charge in [0.2, 0.25) is 5.91 Å². The number of nitrogens with zero attached hydrogens (tertiary/aromatic N) is 1. The highest BCUT2D eigenvalue weighted by atomic mass is 19.1. The molecule has 0 heterocycles. The lowest BCUT2D eigenvalue weighted by atomic mass is 9.88. The van der Waals surface area contributed by atoms with Gasteiger partial charge in [-0.15, -0.1) is 0 Å². The summed E-state index contributed by atoms with van der Waals surface area (Å²) in [4.78, 5) is 28.7. The molecule has 1 aliphatic carbocycles. The third kappa shape index (κ3) is 23.5. The molecule has 32 heavy (non-hydrogen) atoms. The molecule has 0 saturated heterocycles. The molecule has 6 heteroatoms. The molecular formula is C26H52FNO4. The summed E-state index contributed by atoms with van der Waals surface area (Å²) in [6, 6.07) is 0. The monoisotopic (exact) mass is 461 g/mol. The van der Waals surface area contributed by atoms with E-state index in [1.165, 1.54) is 52.2 Å². The van der Waals surface area contributed by atoms with E-state index in [2.05, 4.69) is 13.8 Å². The molecule has 192 valence electrons. The third-order valence-electron chi connectivity index (χ3n) is 4.86. The van der Waals surface area contributed by atoms with E-state index >= 15 is 0 Å². The number of carbonyl (C=O) groups excluding carboxylic acids is 2. The topological polar surface area (TPSA) is 55.8 Å². The second-order valence-corrected chi connectivity index (χ2v) is 10.8. The average molecular weight is 462 g/mol. The largest absolute Gasteiger partial charge is 0.460 e. The molecular weight excluding hydrogens is 409 g/mol. The normalized spacial score (nSPS) is 14.7. The second kappa shape index (κ2) is 17.3. The van der Waals surface area contributed by atoms with Gasteiger partial charge in [0.25, 0.3) is 0 Å². The van der Waals surface area contributed by atoms with Crippen molar-refractivity contribution in [2.45, 2.75) is 131 Å². The van der Waals surface area contributed by atoms with E-state index in [-0.39, 0.29) is 17.8 Å². The fourth-order valence-electron chi connectivity index (χ4n) is 2.75. The Morgan fingerprint density at radius 3 is 1.84 bits per heavy atom. The van der Waals surface area contributed by atoms with Gasteiger partial charge < -0.3 is 4.74 Å². The van der Waals surface area contributed by atoms with Gasteiger partial charge in [-0.05, 0) is 66.7 Å². The van der Waals surface area contributed by atoms with E-state index < -0.39 is 11.3 Å². The van der Waals surface area contributed by atoms with Crippen molar-refractivity contribution in [3.05, 3.63) is 0 Å². The standard InChI is InChI=1S/C17H33NO4.C5H10.C4H9F/c1-7-8-11-14(16(20)22-17(2,3)4)12-9-10-13-15(19)18(5)21-6;1-5-3-2-4-5;1-4(2,3)5/h14H,7-13H2,1-6H3;5H,2-4H2,1H3;1-3H3/t14-;;/m0../s1. The molecule has 0 bridgehead atoms. The minimum Gasteiger partial charge on any atom is -0.460 e. The minimum absolute atomic E-state index is 0.0372. The number of hydrogen-bond acceptors (Lipinski definition) is 4. The number of hydrogen-bond donors (Lipinski definition) is 0. The Bertz CT molecular complexity index is 487. The predicted octanol–water partition coefficient (Wildman–Crippen LogP) is 7.28. The molecule has 0 aliphatic heterocycles. The lowest BCUT2D eigenvalue weighted by Crippen LogP contribution is -2.29. The molecule has 0 radical (unpaired) electrons. The van der Waals surface area contributed by atoms with E-state index in [1.54, 1.807) is 7.05 Å². The van der Waals surface area contributed by atoms with Crippen LogP contribution in [-0.2, 0) is 19.2 Å². The van der Waals surface area contributed by atoms with Gasteiger partial charge in [-0.25, -0.2) is 9.45 Å². The van der Waals surface area contributed by atoms with Crippen molar-refractivity contribution < 1.29 is 23.6 Å². The van der Waals surface area contributed by atoms with Crippen LogP contribution in [0.25, 0.3) is 0 Å². The molecule has 1 amide bonds. The molecule has 0 aromatic heterocycles. The van der Waals surface area contributed by atoms with Crippen LogP contribution in [0.15, 0.2) is 0 Å². The van der Waals surface area contributed by atoms with Crippen LogP contribution >= 0.6 is 0 Å². The van der Waals surface area contributed by atoms with Crippen LogP contribution in [0.3, 0.4) is 0 Å². The molecule has 0 aromatic rings. The number of amides is 1. The van der Waals surface area contributed by atoms with Crippen LogP contribution in [0, 0.1) is 11.8 Å². The smallest absolute Gasteiger partial charge is 0.309 e. The first kappa shape index (κ1) is 33.0. The predicted molar refractivity (Wildman–Crippen MR) is 131 cm³/mol. The maximum Gasteiger partial charge on any atom is 0.309 e. The quantitative estimate of drug-likeness (QED) is 0.195. The van der Waals surface area contributed by atoms with E-state index in [4.69, 9.17) is 9.57 Å². The average Bonchev–Trinajstić information content (AvgIpc) is 2.62. The van der Waals surface area contributed by atoms with Gasteiger partial charge in [0.15, 0.2) is 0 Å². The minimum atomic E-state index is -1.00. The zero-order chi connectivity index (χ0) is 25.4. The van der Waals surface area contributed by atoms with Crippen LogP contribution in [0.2, 0.25) is 0 Å². The van der Waals surface area contributed by atoms with Gasteiger partial charge in [-0.1, -0.05) is 52.4 Å². The molecule has 1 aliphatic rings. The Kier molecular flexibility index (Phi) is 17.9. The van der Waals surface area contributed by atoms with E-state index in [0.29, 0.717) is 6.42 Å². The highest BCUT2D eigenvalue weighted by Crippen LogP contribution is 2.24. The fraction of sp³-hybridized carbons (Fsp3) is 0.923. The maximum absolute atomic E-state index is 12.2. The summed E-state index contributed by atoms with van der Waals surface area (Å²) in [5.74, 6) is 0.857. The maximum atomic E-state index is 12.2. The number of rotatable bonds is 10. The van der Waals surface area contributed by atoms with Crippen molar-refractivity contribution in [1.82, 2.24) is 5.06 Å². The van der Waals surface area contributed by atoms with Crippen molar-refractivity contribution >= 4 is 11.9 Å². The van der Waals surface area contributed by atoms with Gasteiger partial charge in [0.1, 0.15) is 11.3 Å². The Hall–Kier alpha value is -1.17. The molecule has 1 fully saturated rings. The summed E-state index contributed by atoms with van der Waals surface area (Å²) in [6.07, 6.45) is 10.2. The summed E-state index contributed by atoms with van der Waals surface area (Å²) in [6.45, 7) is 14.7. The van der Waals surface area contributed by atoms with Gasteiger partial charge in [-0.2, -0.15) is 0 Å². The van der Waals surface area contributed by atoms with E-state index in [0.717, 1.165) is 44.4 Å². The number of esters is 1. The molecule has 0 spiro atoms. The highest BCUT2D eigenvalue weighted by molar-refractivity contribution is 5.74. The summed E-state index contributed by atoms with van der Waals surface area (Å²) < 4.78 is 17.2. The van der Waals surface area contributed by atoms with Crippen LogP contribution in [0.5, 0.6) is 0 Å². The number of carbonyl (C=O) groups is 2. The van der Waals surface area contributed by atoms with E-state index in [9.17, 15) is 14.0 Å². The SMILES string of the molecule is CC(C)(C)F.CC1CCC1.CCCC[C@@H](CCCCC(=O)N(C)OC)C(=O)OC(C)(C)C. The van der Waals surface area contributed by atoms with Crippen molar-refractivity contribution in [3.8, 4) is 0 Å². The second-order valence-electron chi connectivity index (χ2n) is 10.8. The molecule has 0 N–H and O–H groups in total. The molecule has 1 atom stereocenters. The molecule has 0 unspecified atom stereocenters. The lowest BCUT2D eigenvalue weighted by Gasteiger charge is -2.24. The van der Waals surface area contributed by atoms with Gasteiger partial charge in [-0.3, -0.25) is 14.4 Å². The first-order chi connectivity index (χ1) is 14.6. The summed E-state index contributed by atoms with van der Waals surface area (Å²) >= 11 is 0. The number of hydroxylamine groups is 2. The van der Waals surface area contributed by atoms with Crippen molar-refractivity contribution in [3.63, 3.8) is 0 Å². The fourth-order valence-corrected chi connectivity index (χ4v) is 2.75. The van der Waals surface area contributed by atoms with Crippen LogP contribution in [0.4, 0.5) is 4.39 Å². The molecule has 1 saturated carbocycles. The van der Waals surface area contributed by atoms with Gasteiger partial charge in [0.05, 0.1) is 13.0 Å². The Morgan fingerprint density at radius 2 is 1.50 bits per heavy atom. The number of ether oxygens (including phenoxy) is 1. The molecule has 5 nitrogen and oxygen atoms in total. The van der Waals surface area contributed by atoms with Crippen molar-refractivity contribution in [2.75, 3.05) is 14.2 Å². The summed E-state index contributed by atoms with van der Waals surface area (Å²) in [5, 5.41) is 1.24. The van der Waals surface area contributed by atoms with Gasteiger partial charge >= 0.3 is 5.97 Å². The van der Waals surface area contributed by atoms with Gasteiger partial charge in [0, 0.05) is 13.5 Å². The zero-order valence-electron chi connectivity index (χ0n) is 22.7. The van der Waals surface area contributed by atoms with Crippen LogP contribution in [-0.4, -0.2) is 42.4 Å². The summed E-state index contributed by atoms with van der Waals surface area (Å²) in [7, 11) is 3.08. The first-order valence-electron chi connectivity index (χ1n) is 12.3. The highest BCUT2D eigenvalue weighted by Gasteiger charge is 2.24. The molecule has 0 aromatic carbocycles. The van der Waals surface area contributed by atoms with E-state index in [1.807, 2.05) is 20.8 Å². The van der Waals surface area contributed by atoms with Crippen molar-refractivity contribution in [2.24, 2.45) is 11.8 Å². The van der Waals surface area contributed by atoms with Crippen molar-refractivity contribution in [1.29, 1.82) is 0 Å². The summed E-state index contributed by atoms with van der Waals surface area (Å²) in [5.41, 5.74) is -1.45. The number of halogens is 1. The number of alkyl halides is 1. The first-order valence-corrected chi connectivity index (χ1v) is 12.3. The Balaban J connectivity index is 0. The lowest BCUT2D eigenvalue weighted by molar-refractivity contribution is -0.168. The molecule has 1 rings (SSSR count). The number of unbranched alkanes of at least 4 members (excludes halogenated alkanes) is 2. The van der Waals surface area contributed by atoms with Crippen LogP contribution < -0.4 is 0 Å².